The molecular weight excluding hydrogens is 388 g/mol. The van der Waals surface area contributed by atoms with Crippen LogP contribution in [0.5, 0.6) is 0 Å². The topological polar surface area (TPSA) is 0 Å². The highest BCUT2D eigenvalue weighted by Crippen LogP contribution is 2.46. The summed E-state index contributed by atoms with van der Waals surface area (Å²) in [5.41, 5.74) is 14.9. The van der Waals surface area contributed by atoms with E-state index in [1.165, 1.54) is 55.7 Å². The number of aryl methyl sites for hydroxylation is 2. The van der Waals surface area contributed by atoms with E-state index in [1.807, 2.05) is 0 Å². The zero-order valence-corrected chi connectivity index (χ0v) is 20.6. The summed E-state index contributed by atoms with van der Waals surface area (Å²) in [7, 11) is -1.81. The van der Waals surface area contributed by atoms with Gasteiger partial charge in [-0.05, 0) is 67.5 Å². The lowest BCUT2D eigenvalue weighted by Gasteiger charge is -2.34. The first kappa shape index (κ1) is 20.3. The highest BCUT2D eigenvalue weighted by molar-refractivity contribution is 6.92. The molecule has 0 amide bonds. The third-order valence-electron chi connectivity index (χ3n) is 7.28. The third kappa shape index (κ3) is 3.27. The Morgan fingerprint density at radius 1 is 0.774 bits per heavy atom. The van der Waals surface area contributed by atoms with E-state index in [-0.39, 0.29) is 0 Å². The number of hydrogen-bond acceptors (Lipinski definition) is 0. The minimum absolute atomic E-state index is 0.522. The summed E-state index contributed by atoms with van der Waals surface area (Å²) in [6, 6.07) is 20.9. The standard InChI is InChI=1S/C30H32Si/c1-19-13-20(2)16-24(15-19)25-10-8-11-26-28(25)18-22(4)30(26)31(5,6)29-12-7-9-23-14-21(3)17-27(23)29/h7-13,15-18,30H,14H2,1-6H3. The number of allylic oxidation sites excluding steroid dienone is 2. The van der Waals surface area contributed by atoms with Gasteiger partial charge in [-0.15, -0.1) is 0 Å². The molecule has 0 saturated heterocycles. The minimum Gasteiger partial charge on any atom is -0.0683 e. The van der Waals surface area contributed by atoms with Gasteiger partial charge in [0.15, 0.2) is 0 Å². The van der Waals surface area contributed by atoms with Crippen LogP contribution in [0.15, 0.2) is 65.7 Å². The molecule has 0 spiro atoms. The van der Waals surface area contributed by atoms with Gasteiger partial charge in [0, 0.05) is 5.54 Å². The predicted octanol–water partition coefficient (Wildman–Crippen LogP) is 7.59. The Balaban J connectivity index is 1.66. The summed E-state index contributed by atoms with van der Waals surface area (Å²) in [4.78, 5) is 0. The molecule has 0 bridgehead atoms. The summed E-state index contributed by atoms with van der Waals surface area (Å²) >= 11 is 0. The van der Waals surface area contributed by atoms with Crippen LogP contribution in [0, 0.1) is 13.8 Å². The SMILES string of the molecule is CC1=Cc2c(cccc2[Si](C)(C)C2C(C)=Cc3c(-c4cc(C)cc(C)c4)cccc32)C1. The summed E-state index contributed by atoms with van der Waals surface area (Å²) in [5, 5.41) is 1.62. The first-order chi connectivity index (χ1) is 14.8. The molecule has 2 aliphatic carbocycles. The molecule has 0 fully saturated rings. The van der Waals surface area contributed by atoms with Crippen molar-refractivity contribution in [1.29, 1.82) is 0 Å². The van der Waals surface area contributed by atoms with Crippen molar-refractivity contribution >= 4 is 25.4 Å². The smallest absolute Gasteiger partial charge is 0.0683 e. The maximum atomic E-state index is 2.57. The molecule has 0 N–H and O–H groups in total. The van der Waals surface area contributed by atoms with E-state index in [2.05, 4.69) is 108 Å². The molecule has 31 heavy (non-hydrogen) atoms. The quantitative estimate of drug-likeness (QED) is 0.383. The Morgan fingerprint density at radius 3 is 2.23 bits per heavy atom. The molecule has 3 aromatic carbocycles. The molecule has 1 atom stereocenters. The molecule has 156 valence electrons. The maximum absolute atomic E-state index is 2.57. The van der Waals surface area contributed by atoms with E-state index < -0.39 is 8.07 Å². The third-order valence-corrected chi connectivity index (χ3v) is 11.3. The summed E-state index contributed by atoms with van der Waals surface area (Å²) in [6.45, 7) is 14.2. The Kier molecular flexibility index (Phi) is 4.71. The first-order valence-corrected chi connectivity index (χ1v) is 14.5. The van der Waals surface area contributed by atoms with Gasteiger partial charge in [-0.25, -0.2) is 0 Å². The van der Waals surface area contributed by atoms with E-state index in [9.17, 15) is 0 Å². The molecule has 2 aliphatic rings. The lowest BCUT2D eigenvalue weighted by atomic mass is 9.95. The van der Waals surface area contributed by atoms with E-state index in [4.69, 9.17) is 0 Å². The van der Waals surface area contributed by atoms with Crippen molar-refractivity contribution in [2.24, 2.45) is 0 Å². The van der Waals surface area contributed by atoms with E-state index in [0.717, 1.165) is 6.42 Å². The fraction of sp³-hybridized carbons (Fsp3) is 0.267. The van der Waals surface area contributed by atoms with Crippen LogP contribution in [0.3, 0.4) is 0 Å². The minimum atomic E-state index is -1.81. The molecule has 3 aromatic rings. The molecule has 0 heterocycles. The Bertz CT molecular complexity index is 1250. The zero-order chi connectivity index (χ0) is 21.9. The lowest BCUT2D eigenvalue weighted by Crippen LogP contribution is -2.49. The van der Waals surface area contributed by atoms with Gasteiger partial charge in [0.1, 0.15) is 0 Å². The lowest BCUT2D eigenvalue weighted by molar-refractivity contribution is 1.08. The van der Waals surface area contributed by atoms with Crippen molar-refractivity contribution in [3.8, 4) is 11.1 Å². The molecule has 0 aromatic heterocycles. The molecule has 0 nitrogen and oxygen atoms in total. The maximum Gasteiger partial charge on any atom is 0.0931 e. The fourth-order valence-electron chi connectivity index (χ4n) is 6.14. The normalized spacial score (nSPS) is 17.3. The molecule has 0 saturated carbocycles. The van der Waals surface area contributed by atoms with Crippen LogP contribution in [0.2, 0.25) is 13.1 Å². The summed E-state index contributed by atoms with van der Waals surface area (Å²) in [5.74, 6) is 0. The Morgan fingerprint density at radius 2 is 1.48 bits per heavy atom. The average molecular weight is 421 g/mol. The van der Waals surface area contributed by atoms with Crippen molar-refractivity contribution in [2.45, 2.75) is 52.8 Å². The fourth-order valence-corrected chi connectivity index (χ4v) is 10.2. The second-order valence-corrected chi connectivity index (χ2v) is 14.8. The van der Waals surface area contributed by atoms with Gasteiger partial charge in [-0.1, -0.05) is 107 Å². The monoisotopic (exact) mass is 420 g/mol. The number of rotatable bonds is 3. The van der Waals surface area contributed by atoms with Crippen LogP contribution < -0.4 is 5.19 Å². The molecule has 1 heteroatoms. The van der Waals surface area contributed by atoms with E-state index in [1.54, 1.807) is 5.19 Å². The van der Waals surface area contributed by atoms with Gasteiger partial charge < -0.3 is 0 Å². The van der Waals surface area contributed by atoms with Crippen molar-refractivity contribution in [2.75, 3.05) is 0 Å². The van der Waals surface area contributed by atoms with Crippen LogP contribution in [0.4, 0.5) is 0 Å². The number of fused-ring (bicyclic) bond motifs is 2. The van der Waals surface area contributed by atoms with Crippen molar-refractivity contribution in [3.05, 3.63) is 99.1 Å². The molecule has 0 radical (unpaired) electrons. The second-order valence-electron chi connectivity index (χ2n) is 10.3. The second kappa shape index (κ2) is 7.21. The van der Waals surface area contributed by atoms with Crippen LogP contribution in [-0.4, -0.2) is 8.07 Å². The van der Waals surface area contributed by atoms with Crippen LogP contribution in [-0.2, 0) is 6.42 Å². The van der Waals surface area contributed by atoms with Gasteiger partial charge in [-0.3, -0.25) is 0 Å². The van der Waals surface area contributed by atoms with Crippen molar-refractivity contribution in [1.82, 2.24) is 0 Å². The van der Waals surface area contributed by atoms with Gasteiger partial charge in [-0.2, -0.15) is 0 Å². The Labute approximate surface area is 188 Å². The van der Waals surface area contributed by atoms with Gasteiger partial charge >= 0.3 is 0 Å². The molecule has 0 aliphatic heterocycles. The number of benzene rings is 3. The summed E-state index contributed by atoms with van der Waals surface area (Å²) < 4.78 is 0. The van der Waals surface area contributed by atoms with E-state index >= 15 is 0 Å². The van der Waals surface area contributed by atoms with E-state index in [0.29, 0.717) is 5.54 Å². The summed E-state index contributed by atoms with van der Waals surface area (Å²) in [6.07, 6.45) is 6.03. The highest BCUT2D eigenvalue weighted by atomic mass is 28.3. The van der Waals surface area contributed by atoms with Crippen LogP contribution >= 0.6 is 0 Å². The largest absolute Gasteiger partial charge is 0.0931 e. The van der Waals surface area contributed by atoms with Gasteiger partial charge in [0.05, 0.1) is 8.07 Å². The van der Waals surface area contributed by atoms with Crippen LogP contribution in [0.1, 0.15) is 52.8 Å². The van der Waals surface area contributed by atoms with Gasteiger partial charge in [0.25, 0.3) is 0 Å². The molecular formula is C30H32Si. The molecule has 5 rings (SSSR count). The number of hydrogen-bond donors (Lipinski definition) is 0. The average Bonchev–Trinajstić information content (AvgIpc) is 3.24. The van der Waals surface area contributed by atoms with Gasteiger partial charge in [0.2, 0.25) is 0 Å². The predicted molar refractivity (Wildman–Crippen MR) is 139 cm³/mol. The zero-order valence-electron chi connectivity index (χ0n) is 19.6. The first-order valence-electron chi connectivity index (χ1n) is 11.4. The molecule has 1 unspecified atom stereocenters. The van der Waals surface area contributed by atoms with Crippen LogP contribution in [0.25, 0.3) is 23.3 Å². The highest BCUT2D eigenvalue weighted by Gasteiger charge is 2.41. The Hall–Kier alpha value is -2.64. The van der Waals surface area contributed by atoms with Crippen molar-refractivity contribution < 1.29 is 0 Å². The van der Waals surface area contributed by atoms with Crippen molar-refractivity contribution in [3.63, 3.8) is 0 Å².